The van der Waals surface area contributed by atoms with Gasteiger partial charge in [-0.15, -0.1) is 0 Å². The number of aromatic nitrogens is 4. The normalized spacial score (nSPS) is 15.2. The fourth-order valence-electron chi connectivity index (χ4n) is 4.24. The Bertz CT molecular complexity index is 1230. The molecular weight excluding hydrogens is 400 g/mol. The number of benzene rings is 1. The number of nitrogens with zero attached hydrogens (tertiary/aromatic N) is 5. The Morgan fingerprint density at radius 2 is 1.81 bits per heavy atom. The second kappa shape index (κ2) is 8.88. The lowest BCUT2D eigenvalue weighted by molar-refractivity contribution is -0.121. The lowest BCUT2D eigenvalue weighted by atomic mass is 9.95. The summed E-state index contributed by atoms with van der Waals surface area (Å²) in [6, 6.07) is 14.4. The molecule has 1 aliphatic rings. The van der Waals surface area contributed by atoms with Crippen LogP contribution in [-0.4, -0.2) is 43.6 Å². The maximum Gasteiger partial charge on any atom is 0.228 e. The fraction of sp³-hybridized carbons (Fsp3) is 0.280. The van der Waals surface area contributed by atoms with Gasteiger partial charge in [0.05, 0.1) is 11.9 Å². The molecule has 1 saturated heterocycles. The highest BCUT2D eigenvalue weighted by Crippen LogP contribution is 2.24. The third-order valence-electron chi connectivity index (χ3n) is 6.06. The molecule has 3 aromatic heterocycles. The van der Waals surface area contributed by atoms with E-state index in [9.17, 15) is 4.79 Å². The van der Waals surface area contributed by atoms with Crippen LogP contribution < -0.4 is 5.32 Å². The Kier molecular flexibility index (Phi) is 5.64. The molecule has 0 unspecified atom stereocenters. The topological polar surface area (TPSA) is 75.9 Å². The van der Waals surface area contributed by atoms with Gasteiger partial charge in [-0.25, -0.2) is 4.98 Å². The molecule has 0 radical (unpaired) electrons. The van der Waals surface area contributed by atoms with Crippen molar-refractivity contribution in [3.8, 4) is 11.3 Å². The Balaban J connectivity index is 1.22. The number of fused-ring (bicyclic) bond motifs is 1. The second-order valence-electron chi connectivity index (χ2n) is 8.41. The third-order valence-corrected chi connectivity index (χ3v) is 6.06. The zero-order valence-corrected chi connectivity index (χ0v) is 18.1. The summed E-state index contributed by atoms with van der Waals surface area (Å²) >= 11 is 0. The number of anilines is 1. The number of rotatable bonds is 5. The SMILES string of the molecule is Cn1cc(-c2cc3cc(NC(=O)C4CCN(Cc5ccccc5)CC4)ncc3cn2)cn1. The van der Waals surface area contributed by atoms with E-state index in [0.29, 0.717) is 5.82 Å². The molecule has 4 heterocycles. The zero-order valence-electron chi connectivity index (χ0n) is 18.1. The van der Waals surface area contributed by atoms with Crippen LogP contribution in [0.15, 0.2) is 67.3 Å². The van der Waals surface area contributed by atoms with Gasteiger partial charge >= 0.3 is 0 Å². The van der Waals surface area contributed by atoms with Crippen molar-refractivity contribution in [2.24, 2.45) is 13.0 Å². The number of carbonyl (C=O) groups excluding carboxylic acids is 1. The third kappa shape index (κ3) is 4.53. The lowest BCUT2D eigenvalue weighted by Crippen LogP contribution is -2.37. The Hall–Kier alpha value is -3.58. The molecule has 0 aliphatic carbocycles. The molecule has 162 valence electrons. The van der Waals surface area contributed by atoms with E-state index in [1.54, 1.807) is 23.3 Å². The minimum absolute atomic E-state index is 0.0166. The molecule has 7 heteroatoms. The first-order valence-electron chi connectivity index (χ1n) is 11.0. The molecule has 1 aromatic carbocycles. The number of pyridine rings is 2. The van der Waals surface area contributed by atoms with Gasteiger partial charge in [-0.2, -0.15) is 5.10 Å². The first-order chi connectivity index (χ1) is 15.6. The summed E-state index contributed by atoms with van der Waals surface area (Å²) in [7, 11) is 1.88. The number of amides is 1. The van der Waals surface area contributed by atoms with Crippen LogP contribution in [0.4, 0.5) is 5.82 Å². The fourth-order valence-corrected chi connectivity index (χ4v) is 4.24. The molecule has 0 bridgehead atoms. The Morgan fingerprint density at radius 1 is 1.03 bits per heavy atom. The van der Waals surface area contributed by atoms with Gasteiger partial charge < -0.3 is 5.32 Å². The summed E-state index contributed by atoms with van der Waals surface area (Å²) in [6.07, 6.45) is 9.01. The van der Waals surface area contributed by atoms with Gasteiger partial charge in [0.25, 0.3) is 0 Å². The first kappa shape index (κ1) is 20.3. The summed E-state index contributed by atoms with van der Waals surface area (Å²) in [5.41, 5.74) is 3.12. The van der Waals surface area contributed by atoms with Gasteiger partial charge in [0.15, 0.2) is 0 Å². The second-order valence-corrected chi connectivity index (χ2v) is 8.41. The molecule has 0 saturated carbocycles. The highest BCUT2D eigenvalue weighted by molar-refractivity contribution is 5.94. The van der Waals surface area contributed by atoms with Crippen molar-refractivity contribution in [3.05, 3.63) is 72.8 Å². The summed E-state index contributed by atoms with van der Waals surface area (Å²) in [4.78, 5) is 24.2. The van der Waals surface area contributed by atoms with E-state index in [2.05, 4.69) is 49.5 Å². The van der Waals surface area contributed by atoms with Crippen molar-refractivity contribution < 1.29 is 4.79 Å². The molecule has 1 fully saturated rings. The quantitative estimate of drug-likeness (QED) is 0.524. The van der Waals surface area contributed by atoms with Crippen LogP contribution in [0.1, 0.15) is 18.4 Å². The number of nitrogens with one attached hydrogen (secondary N) is 1. The molecule has 0 spiro atoms. The van der Waals surface area contributed by atoms with E-state index in [1.807, 2.05) is 31.4 Å². The molecule has 7 nitrogen and oxygen atoms in total. The number of piperidine rings is 1. The molecule has 32 heavy (non-hydrogen) atoms. The van der Waals surface area contributed by atoms with Crippen molar-refractivity contribution in [1.29, 1.82) is 0 Å². The molecule has 0 atom stereocenters. The van der Waals surface area contributed by atoms with Crippen molar-refractivity contribution in [2.75, 3.05) is 18.4 Å². The minimum Gasteiger partial charge on any atom is -0.310 e. The van der Waals surface area contributed by atoms with E-state index < -0.39 is 0 Å². The predicted octanol–water partition coefficient (Wildman–Crippen LogP) is 3.88. The highest BCUT2D eigenvalue weighted by Gasteiger charge is 2.25. The van der Waals surface area contributed by atoms with Gasteiger partial charge in [0, 0.05) is 49.1 Å². The van der Waals surface area contributed by atoms with Gasteiger partial charge in [0.2, 0.25) is 5.91 Å². The molecule has 4 aromatic rings. The molecule has 1 aliphatic heterocycles. The average molecular weight is 427 g/mol. The number of hydrogen-bond acceptors (Lipinski definition) is 5. The minimum atomic E-state index is 0.0166. The Morgan fingerprint density at radius 3 is 2.56 bits per heavy atom. The van der Waals surface area contributed by atoms with Gasteiger partial charge in [0.1, 0.15) is 5.82 Å². The van der Waals surface area contributed by atoms with E-state index >= 15 is 0 Å². The van der Waals surface area contributed by atoms with Crippen molar-refractivity contribution in [1.82, 2.24) is 24.6 Å². The van der Waals surface area contributed by atoms with E-state index in [1.165, 1.54) is 5.56 Å². The van der Waals surface area contributed by atoms with E-state index in [-0.39, 0.29) is 11.8 Å². The standard InChI is InChI=1S/C25H26N6O/c1-30-17-22(15-28-30)23-11-20-12-24(27-14-21(20)13-26-23)29-25(32)19-7-9-31(10-8-19)16-18-5-3-2-4-6-18/h2-6,11-15,17,19H,7-10,16H2,1H3,(H,27,29,32). The molecule has 1 amide bonds. The van der Waals surface area contributed by atoms with Crippen LogP contribution in [0.2, 0.25) is 0 Å². The predicted molar refractivity (Wildman–Crippen MR) is 125 cm³/mol. The van der Waals surface area contributed by atoms with Gasteiger partial charge in [-0.3, -0.25) is 19.4 Å². The number of aryl methyl sites for hydroxylation is 1. The smallest absolute Gasteiger partial charge is 0.228 e. The largest absolute Gasteiger partial charge is 0.310 e. The van der Waals surface area contributed by atoms with Crippen molar-refractivity contribution >= 4 is 22.5 Å². The van der Waals surface area contributed by atoms with Crippen molar-refractivity contribution in [2.45, 2.75) is 19.4 Å². The van der Waals surface area contributed by atoms with E-state index in [0.717, 1.165) is 54.5 Å². The van der Waals surface area contributed by atoms with Gasteiger partial charge in [-0.1, -0.05) is 30.3 Å². The maximum atomic E-state index is 12.9. The summed E-state index contributed by atoms with van der Waals surface area (Å²) < 4.78 is 1.75. The van der Waals surface area contributed by atoms with E-state index in [4.69, 9.17) is 0 Å². The number of likely N-dealkylation sites (tertiary alicyclic amines) is 1. The molecule has 5 rings (SSSR count). The summed E-state index contributed by atoms with van der Waals surface area (Å²) in [5, 5.41) is 9.16. The van der Waals surface area contributed by atoms with Crippen LogP contribution in [0.25, 0.3) is 22.0 Å². The highest BCUT2D eigenvalue weighted by atomic mass is 16.1. The summed E-state index contributed by atoms with van der Waals surface area (Å²) in [6.45, 7) is 2.80. The maximum absolute atomic E-state index is 12.9. The molecule has 1 N–H and O–H groups in total. The van der Waals surface area contributed by atoms with Crippen molar-refractivity contribution in [3.63, 3.8) is 0 Å². The molecular formula is C25H26N6O. The first-order valence-corrected chi connectivity index (χ1v) is 11.0. The lowest BCUT2D eigenvalue weighted by Gasteiger charge is -2.31. The van der Waals surface area contributed by atoms with Crippen LogP contribution >= 0.6 is 0 Å². The van der Waals surface area contributed by atoms with Gasteiger partial charge in [-0.05, 0) is 49.0 Å². The number of carbonyl (C=O) groups is 1. The zero-order chi connectivity index (χ0) is 21.9. The van der Waals surface area contributed by atoms with Crippen LogP contribution in [0.3, 0.4) is 0 Å². The van der Waals surface area contributed by atoms with Crippen LogP contribution in [0.5, 0.6) is 0 Å². The van der Waals surface area contributed by atoms with Crippen LogP contribution in [-0.2, 0) is 18.4 Å². The monoisotopic (exact) mass is 426 g/mol. The Labute approximate surface area is 187 Å². The number of hydrogen-bond donors (Lipinski definition) is 1. The summed E-state index contributed by atoms with van der Waals surface area (Å²) in [5.74, 6) is 0.651. The average Bonchev–Trinajstić information content (AvgIpc) is 3.26. The van der Waals surface area contributed by atoms with Crippen LogP contribution in [0, 0.1) is 5.92 Å².